The summed E-state index contributed by atoms with van der Waals surface area (Å²) >= 11 is 0. The summed E-state index contributed by atoms with van der Waals surface area (Å²) in [5.74, 6) is -0.0706. The average molecular weight is 300 g/mol. The lowest BCUT2D eigenvalue weighted by Gasteiger charge is -2.28. The summed E-state index contributed by atoms with van der Waals surface area (Å²) in [6, 6.07) is 6.69. The fraction of sp³-hybridized carbons (Fsp3) is 0.267. The van der Waals surface area contributed by atoms with Crippen LogP contribution in [0.15, 0.2) is 41.5 Å². The maximum atomic E-state index is 12.0. The highest BCUT2D eigenvalue weighted by atomic mass is 16.5. The lowest BCUT2D eigenvalue weighted by Crippen LogP contribution is -2.36. The third-order valence-electron chi connectivity index (χ3n) is 3.43. The first-order valence-corrected chi connectivity index (χ1v) is 7.02. The summed E-state index contributed by atoms with van der Waals surface area (Å²) in [4.78, 5) is 32.4. The molecule has 3 rings (SSSR count). The van der Waals surface area contributed by atoms with Crippen LogP contribution in [0.1, 0.15) is 10.4 Å². The summed E-state index contributed by atoms with van der Waals surface area (Å²) in [5, 5.41) is 2.62. The molecule has 1 saturated heterocycles. The number of morpholine rings is 1. The van der Waals surface area contributed by atoms with E-state index in [1.165, 1.54) is 12.3 Å². The average Bonchev–Trinajstić information content (AvgIpc) is 2.57. The number of amides is 1. The van der Waals surface area contributed by atoms with E-state index in [1.807, 2.05) is 6.07 Å². The summed E-state index contributed by atoms with van der Waals surface area (Å²) in [5.41, 5.74) is 0.616. The number of H-pyrrole nitrogens is 1. The van der Waals surface area contributed by atoms with Crippen LogP contribution in [-0.2, 0) is 4.74 Å². The Morgan fingerprint density at radius 1 is 1.27 bits per heavy atom. The molecule has 22 heavy (non-hydrogen) atoms. The quantitative estimate of drug-likeness (QED) is 0.878. The predicted octanol–water partition coefficient (Wildman–Crippen LogP) is 0.859. The van der Waals surface area contributed by atoms with Gasteiger partial charge in [0.25, 0.3) is 11.5 Å². The van der Waals surface area contributed by atoms with Crippen molar-refractivity contribution < 1.29 is 9.53 Å². The van der Waals surface area contributed by atoms with Gasteiger partial charge < -0.3 is 19.9 Å². The maximum absolute atomic E-state index is 12.0. The summed E-state index contributed by atoms with van der Waals surface area (Å²) in [6.07, 6.45) is 3.19. The van der Waals surface area contributed by atoms with Gasteiger partial charge in [-0.3, -0.25) is 9.59 Å². The Bertz CT molecular complexity index is 705. The summed E-state index contributed by atoms with van der Waals surface area (Å²) in [6.45, 7) is 3.06. The molecule has 1 aliphatic heterocycles. The first kappa shape index (κ1) is 14.3. The minimum Gasteiger partial charge on any atom is -0.378 e. The van der Waals surface area contributed by atoms with Crippen molar-refractivity contribution >= 4 is 17.4 Å². The molecule has 0 atom stereocenters. The van der Waals surface area contributed by atoms with Gasteiger partial charge in [-0.2, -0.15) is 0 Å². The van der Waals surface area contributed by atoms with E-state index in [4.69, 9.17) is 4.74 Å². The van der Waals surface area contributed by atoms with Crippen LogP contribution < -0.4 is 15.8 Å². The zero-order chi connectivity index (χ0) is 15.4. The van der Waals surface area contributed by atoms with E-state index in [0.29, 0.717) is 19.0 Å². The Balaban J connectivity index is 1.69. The Kier molecular flexibility index (Phi) is 4.15. The van der Waals surface area contributed by atoms with E-state index in [0.717, 1.165) is 18.8 Å². The Morgan fingerprint density at radius 2 is 2.09 bits per heavy atom. The second kappa shape index (κ2) is 6.40. The molecule has 3 heterocycles. The number of carbonyl (C=O) groups is 1. The van der Waals surface area contributed by atoms with Crippen molar-refractivity contribution in [2.24, 2.45) is 0 Å². The third-order valence-corrected chi connectivity index (χ3v) is 3.43. The van der Waals surface area contributed by atoms with Gasteiger partial charge in [-0.05, 0) is 24.3 Å². The summed E-state index contributed by atoms with van der Waals surface area (Å²) in [7, 11) is 0. The molecule has 0 bridgehead atoms. The van der Waals surface area contributed by atoms with Crippen LogP contribution >= 0.6 is 0 Å². The number of hydrogen-bond donors (Lipinski definition) is 2. The van der Waals surface area contributed by atoms with Gasteiger partial charge in [0.05, 0.1) is 25.1 Å². The molecule has 7 nitrogen and oxygen atoms in total. The van der Waals surface area contributed by atoms with Gasteiger partial charge in [0, 0.05) is 19.3 Å². The highest BCUT2D eigenvalue weighted by Crippen LogP contribution is 2.16. The lowest BCUT2D eigenvalue weighted by molar-refractivity contribution is 0.102. The number of anilines is 2. The zero-order valence-electron chi connectivity index (χ0n) is 11.9. The molecule has 1 amide bonds. The maximum Gasteiger partial charge on any atom is 0.262 e. The number of nitrogens with zero attached hydrogens (tertiary/aromatic N) is 2. The standard InChI is InChI=1S/C15H16N4O3/c20-14-12(2-1-5-16-14)15(21)18-13-4-3-11(10-17-13)19-6-8-22-9-7-19/h1-5,10H,6-9H2,(H,16,20)(H,17,18,21). The van der Waals surface area contributed by atoms with Gasteiger partial charge >= 0.3 is 0 Å². The van der Waals surface area contributed by atoms with E-state index in [2.05, 4.69) is 20.2 Å². The minimum atomic E-state index is -0.478. The van der Waals surface area contributed by atoms with E-state index in [-0.39, 0.29) is 5.56 Å². The number of nitrogens with one attached hydrogen (secondary N) is 2. The molecule has 1 fully saturated rings. The first-order valence-electron chi connectivity index (χ1n) is 7.02. The van der Waals surface area contributed by atoms with Crippen molar-refractivity contribution in [1.82, 2.24) is 9.97 Å². The van der Waals surface area contributed by atoms with Crippen LogP contribution in [0.5, 0.6) is 0 Å². The molecule has 114 valence electrons. The van der Waals surface area contributed by atoms with Gasteiger partial charge in [-0.15, -0.1) is 0 Å². The monoisotopic (exact) mass is 300 g/mol. The van der Waals surface area contributed by atoms with Crippen LogP contribution in [0, 0.1) is 0 Å². The molecule has 0 unspecified atom stereocenters. The zero-order valence-corrected chi connectivity index (χ0v) is 11.9. The van der Waals surface area contributed by atoms with Gasteiger partial charge in [0.1, 0.15) is 11.4 Å². The molecule has 0 spiro atoms. The molecule has 0 saturated carbocycles. The number of rotatable bonds is 3. The van der Waals surface area contributed by atoms with E-state index in [1.54, 1.807) is 18.3 Å². The van der Waals surface area contributed by atoms with Gasteiger partial charge in [0.2, 0.25) is 0 Å². The Labute approximate surface area is 126 Å². The van der Waals surface area contributed by atoms with E-state index in [9.17, 15) is 9.59 Å². The molecule has 0 radical (unpaired) electrons. The number of ether oxygens (including phenoxy) is 1. The lowest BCUT2D eigenvalue weighted by atomic mass is 10.2. The Hall–Kier alpha value is -2.67. The molecule has 0 aromatic carbocycles. The molecular weight excluding hydrogens is 284 g/mol. The fourth-order valence-corrected chi connectivity index (χ4v) is 2.25. The van der Waals surface area contributed by atoms with Crippen LogP contribution in [0.4, 0.5) is 11.5 Å². The summed E-state index contributed by atoms with van der Waals surface area (Å²) < 4.78 is 5.31. The van der Waals surface area contributed by atoms with Crippen molar-refractivity contribution in [2.45, 2.75) is 0 Å². The number of carbonyl (C=O) groups excluding carboxylic acids is 1. The number of hydrogen-bond acceptors (Lipinski definition) is 5. The third kappa shape index (κ3) is 3.15. The molecule has 2 aromatic rings. The molecule has 0 aliphatic carbocycles. The van der Waals surface area contributed by atoms with Gasteiger partial charge in [-0.25, -0.2) is 4.98 Å². The second-order valence-corrected chi connectivity index (χ2v) is 4.87. The molecule has 2 N–H and O–H groups in total. The SMILES string of the molecule is O=C(Nc1ccc(N2CCOCC2)cn1)c1ccc[nH]c1=O. The van der Waals surface area contributed by atoms with Crippen LogP contribution in [0.25, 0.3) is 0 Å². The van der Waals surface area contributed by atoms with Crippen LogP contribution in [0.3, 0.4) is 0 Å². The van der Waals surface area contributed by atoms with Crippen molar-refractivity contribution in [3.05, 3.63) is 52.6 Å². The van der Waals surface area contributed by atoms with Crippen molar-refractivity contribution in [3.63, 3.8) is 0 Å². The minimum absolute atomic E-state index is 0.0570. The largest absolute Gasteiger partial charge is 0.378 e. The van der Waals surface area contributed by atoms with Crippen molar-refractivity contribution in [1.29, 1.82) is 0 Å². The van der Waals surface area contributed by atoms with Crippen molar-refractivity contribution in [2.75, 3.05) is 36.5 Å². The number of aromatic amines is 1. The van der Waals surface area contributed by atoms with Gasteiger partial charge in [0.15, 0.2) is 0 Å². The van der Waals surface area contributed by atoms with Crippen LogP contribution in [-0.4, -0.2) is 42.2 Å². The number of pyridine rings is 2. The molecule has 2 aromatic heterocycles. The van der Waals surface area contributed by atoms with E-state index >= 15 is 0 Å². The topological polar surface area (TPSA) is 87.3 Å². The normalized spacial score (nSPS) is 14.6. The highest BCUT2D eigenvalue weighted by Gasteiger charge is 2.13. The molecule has 1 aliphatic rings. The fourth-order valence-electron chi connectivity index (χ4n) is 2.25. The Morgan fingerprint density at radius 3 is 2.77 bits per heavy atom. The highest BCUT2D eigenvalue weighted by molar-refractivity contribution is 6.03. The molecular formula is C15H16N4O3. The van der Waals surface area contributed by atoms with E-state index < -0.39 is 11.5 Å². The molecule has 7 heteroatoms. The predicted molar refractivity (Wildman–Crippen MR) is 82.3 cm³/mol. The van der Waals surface area contributed by atoms with Gasteiger partial charge in [-0.1, -0.05) is 0 Å². The van der Waals surface area contributed by atoms with Crippen LogP contribution in [0.2, 0.25) is 0 Å². The smallest absolute Gasteiger partial charge is 0.262 e. The first-order chi connectivity index (χ1) is 10.7. The second-order valence-electron chi connectivity index (χ2n) is 4.87. The number of aromatic nitrogens is 2. The van der Waals surface area contributed by atoms with Crippen molar-refractivity contribution in [3.8, 4) is 0 Å².